The summed E-state index contributed by atoms with van der Waals surface area (Å²) >= 11 is 0. The molecule has 4 atom stereocenters. The highest BCUT2D eigenvalue weighted by atomic mass is 16.5. The molecule has 1 heterocycles. The molecule has 1 saturated heterocycles. The number of ketones is 1. The first kappa shape index (κ1) is 13.0. The summed E-state index contributed by atoms with van der Waals surface area (Å²) in [6.45, 7) is 9.39. The fourth-order valence-electron chi connectivity index (χ4n) is 2.86. The third kappa shape index (κ3) is 2.41. The number of likely N-dealkylation sites (tertiary alicyclic amines) is 1. The van der Waals surface area contributed by atoms with Crippen LogP contribution < -0.4 is 0 Å². The fraction of sp³-hybridized carbons (Fsp3) is 0.929. The van der Waals surface area contributed by atoms with E-state index >= 15 is 0 Å². The van der Waals surface area contributed by atoms with Crippen LogP contribution in [0.3, 0.4) is 0 Å². The van der Waals surface area contributed by atoms with E-state index in [1.165, 1.54) is 0 Å². The summed E-state index contributed by atoms with van der Waals surface area (Å²) in [6.07, 6.45) is 1.50. The van der Waals surface area contributed by atoms with Crippen molar-refractivity contribution in [2.24, 2.45) is 17.8 Å². The summed E-state index contributed by atoms with van der Waals surface area (Å²) in [5.41, 5.74) is 0. The largest absolute Gasteiger partial charge is 0.372 e. The van der Waals surface area contributed by atoms with Crippen molar-refractivity contribution < 1.29 is 9.53 Å². The lowest BCUT2D eigenvalue weighted by Gasteiger charge is -2.25. The molecular weight excluding hydrogens is 214 g/mol. The van der Waals surface area contributed by atoms with E-state index in [9.17, 15) is 4.79 Å². The molecule has 1 aliphatic heterocycles. The van der Waals surface area contributed by atoms with E-state index < -0.39 is 0 Å². The van der Waals surface area contributed by atoms with Crippen LogP contribution in [0.5, 0.6) is 0 Å². The van der Waals surface area contributed by atoms with Gasteiger partial charge in [-0.3, -0.25) is 9.69 Å². The minimum Gasteiger partial charge on any atom is -0.372 e. The van der Waals surface area contributed by atoms with Crippen LogP contribution in [0.25, 0.3) is 0 Å². The van der Waals surface area contributed by atoms with E-state index in [0.29, 0.717) is 23.7 Å². The van der Waals surface area contributed by atoms with Crippen LogP contribution in [-0.2, 0) is 9.53 Å². The Morgan fingerprint density at radius 3 is 2.35 bits per heavy atom. The van der Waals surface area contributed by atoms with Gasteiger partial charge in [0.15, 0.2) is 5.78 Å². The van der Waals surface area contributed by atoms with Crippen molar-refractivity contribution in [3.8, 4) is 0 Å². The third-order valence-corrected chi connectivity index (χ3v) is 4.51. The predicted molar refractivity (Wildman–Crippen MR) is 67.9 cm³/mol. The average Bonchev–Trinajstić information content (AvgIpc) is 2.69. The van der Waals surface area contributed by atoms with Crippen LogP contribution in [0.15, 0.2) is 0 Å². The van der Waals surface area contributed by atoms with E-state index in [1.54, 1.807) is 0 Å². The number of carbonyl (C=O) groups is 1. The highest BCUT2D eigenvalue weighted by Crippen LogP contribution is 2.43. The maximum atomic E-state index is 12.2. The monoisotopic (exact) mass is 239 g/mol. The molecule has 3 heteroatoms. The van der Waals surface area contributed by atoms with E-state index in [0.717, 1.165) is 13.0 Å². The van der Waals surface area contributed by atoms with Gasteiger partial charge in [-0.25, -0.2) is 0 Å². The Hall–Kier alpha value is -0.410. The molecule has 0 aromatic carbocycles. The molecule has 0 spiro atoms. The molecule has 98 valence electrons. The number of ether oxygens (including phenoxy) is 1. The van der Waals surface area contributed by atoms with Crippen LogP contribution in [-0.4, -0.2) is 42.5 Å². The summed E-state index contributed by atoms with van der Waals surface area (Å²) in [7, 11) is 2.04. The van der Waals surface area contributed by atoms with Crippen molar-refractivity contribution in [1.82, 2.24) is 4.90 Å². The molecule has 1 saturated carbocycles. The van der Waals surface area contributed by atoms with Gasteiger partial charge in [-0.2, -0.15) is 0 Å². The second-order valence-electron chi connectivity index (χ2n) is 6.13. The number of carbonyl (C=O) groups excluding carboxylic acids is 1. The van der Waals surface area contributed by atoms with E-state index in [-0.39, 0.29) is 18.1 Å². The minimum absolute atomic E-state index is 0.0185. The minimum atomic E-state index is -0.0185. The van der Waals surface area contributed by atoms with Gasteiger partial charge in [0, 0.05) is 12.5 Å². The Balaban J connectivity index is 1.99. The van der Waals surface area contributed by atoms with Crippen LogP contribution in [0.1, 0.15) is 34.1 Å². The lowest BCUT2D eigenvalue weighted by Crippen LogP contribution is -2.43. The average molecular weight is 239 g/mol. The first-order chi connectivity index (χ1) is 7.93. The molecule has 3 nitrogen and oxygen atoms in total. The maximum absolute atomic E-state index is 12.2. The lowest BCUT2D eigenvalue weighted by molar-refractivity contribution is -0.130. The molecule has 17 heavy (non-hydrogen) atoms. The summed E-state index contributed by atoms with van der Waals surface area (Å²) in [6, 6.07) is -0.0185. The normalized spacial score (nSPS) is 42.1. The first-order valence-corrected chi connectivity index (χ1v) is 6.83. The molecule has 2 aliphatic rings. The number of Topliss-reactive ketones (excluding diaryl/α,β-unsaturated/α-hetero) is 1. The standard InChI is InChI=1S/C14H25NO2/c1-8(2)13(16)12-11(6-7-15(12)5)17-14-9(3)10(14)4/h8-12,14H,6-7H2,1-5H3/t9?,10?,11-,12-,14?/m0/s1. The molecule has 0 N–H and O–H groups in total. The van der Waals surface area contributed by atoms with Gasteiger partial charge >= 0.3 is 0 Å². The van der Waals surface area contributed by atoms with Crippen molar-refractivity contribution in [1.29, 1.82) is 0 Å². The van der Waals surface area contributed by atoms with Gasteiger partial charge in [-0.05, 0) is 25.3 Å². The van der Waals surface area contributed by atoms with Crippen LogP contribution in [0, 0.1) is 17.8 Å². The summed E-state index contributed by atoms with van der Waals surface area (Å²) in [5, 5.41) is 0. The highest BCUT2D eigenvalue weighted by Gasteiger charge is 2.48. The zero-order valence-electron chi connectivity index (χ0n) is 11.6. The van der Waals surface area contributed by atoms with Gasteiger partial charge in [0.1, 0.15) is 0 Å². The van der Waals surface area contributed by atoms with E-state index in [4.69, 9.17) is 4.74 Å². The second kappa shape index (κ2) is 4.69. The number of hydrogen-bond donors (Lipinski definition) is 0. The van der Waals surface area contributed by atoms with Gasteiger partial charge < -0.3 is 4.74 Å². The Morgan fingerprint density at radius 1 is 1.29 bits per heavy atom. The smallest absolute Gasteiger partial charge is 0.155 e. The van der Waals surface area contributed by atoms with Gasteiger partial charge in [-0.1, -0.05) is 27.7 Å². The van der Waals surface area contributed by atoms with Crippen LogP contribution in [0.2, 0.25) is 0 Å². The molecule has 0 aromatic rings. The Labute approximate surface area is 105 Å². The van der Waals surface area contributed by atoms with Crippen molar-refractivity contribution in [3.63, 3.8) is 0 Å². The molecule has 1 aliphatic carbocycles. The Bertz CT molecular complexity index is 295. The topological polar surface area (TPSA) is 29.5 Å². The lowest BCUT2D eigenvalue weighted by atomic mass is 9.98. The van der Waals surface area contributed by atoms with Crippen molar-refractivity contribution in [3.05, 3.63) is 0 Å². The van der Waals surface area contributed by atoms with E-state index in [1.807, 2.05) is 20.9 Å². The Morgan fingerprint density at radius 2 is 1.88 bits per heavy atom. The molecule has 0 bridgehead atoms. The highest BCUT2D eigenvalue weighted by molar-refractivity contribution is 5.86. The predicted octanol–water partition coefficient (Wildman–Crippen LogP) is 1.96. The fourth-order valence-corrected chi connectivity index (χ4v) is 2.86. The van der Waals surface area contributed by atoms with Gasteiger partial charge in [0.25, 0.3) is 0 Å². The van der Waals surface area contributed by atoms with Crippen molar-refractivity contribution >= 4 is 5.78 Å². The molecule has 2 unspecified atom stereocenters. The van der Waals surface area contributed by atoms with Crippen molar-refractivity contribution in [2.45, 2.75) is 52.4 Å². The maximum Gasteiger partial charge on any atom is 0.155 e. The molecule has 0 amide bonds. The molecular formula is C14H25NO2. The quantitative estimate of drug-likeness (QED) is 0.751. The molecule has 0 radical (unpaired) electrons. The SMILES string of the molecule is CC(C)C(=O)[C@@H]1[C@@H](OC2C(C)C2C)CCN1C. The summed E-state index contributed by atoms with van der Waals surface area (Å²) in [4.78, 5) is 14.4. The van der Waals surface area contributed by atoms with Crippen LogP contribution >= 0.6 is 0 Å². The molecule has 2 rings (SSSR count). The molecule has 2 fully saturated rings. The summed E-state index contributed by atoms with van der Waals surface area (Å²) in [5.74, 6) is 1.75. The van der Waals surface area contributed by atoms with Crippen molar-refractivity contribution in [2.75, 3.05) is 13.6 Å². The van der Waals surface area contributed by atoms with Gasteiger partial charge in [-0.15, -0.1) is 0 Å². The Kier molecular flexibility index (Phi) is 3.60. The number of rotatable bonds is 4. The zero-order chi connectivity index (χ0) is 12.7. The second-order valence-corrected chi connectivity index (χ2v) is 6.13. The number of nitrogens with zero attached hydrogens (tertiary/aromatic N) is 1. The third-order valence-electron chi connectivity index (χ3n) is 4.51. The van der Waals surface area contributed by atoms with E-state index in [2.05, 4.69) is 18.7 Å². The number of hydrogen-bond acceptors (Lipinski definition) is 3. The molecule has 0 aromatic heterocycles. The zero-order valence-corrected chi connectivity index (χ0v) is 11.6. The van der Waals surface area contributed by atoms with Gasteiger partial charge in [0.05, 0.1) is 18.2 Å². The van der Waals surface area contributed by atoms with Gasteiger partial charge in [0.2, 0.25) is 0 Å². The van der Waals surface area contributed by atoms with Crippen LogP contribution in [0.4, 0.5) is 0 Å². The first-order valence-electron chi connectivity index (χ1n) is 6.83. The summed E-state index contributed by atoms with van der Waals surface area (Å²) < 4.78 is 6.14. The number of likely N-dealkylation sites (N-methyl/N-ethyl adjacent to an activating group) is 1.